The molecule has 0 aromatic heterocycles. The van der Waals surface area contributed by atoms with Gasteiger partial charge >= 0.3 is 22.2 Å². The van der Waals surface area contributed by atoms with Gasteiger partial charge in [0.25, 0.3) is 0 Å². The highest BCUT2D eigenvalue weighted by atomic mass is 32.2. The number of nitrogens with one attached hydrogen (secondary N) is 1. The Bertz CT molecular complexity index is 884. The molecule has 2 rings (SSSR count). The molecule has 9 nitrogen and oxygen atoms in total. The molecule has 1 aromatic carbocycles. The van der Waals surface area contributed by atoms with Crippen molar-refractivity contribution in [3.05, 3.63) is 35.4 Å². The zero-order valence-electron chi connectivity index (χ0n) is 17.3. The third-order valence-electron chi connectivity index (χ3n) is 5.19. The van der Waals surface area contributed by atoms with Gasteiger partial charge in [0.15, 0.2) is 0 Å². The molecule has 1 aliphatic rings. The summed E-state index contributed by atoms with van der Waals surface area (Å²) in [5.41, 5.74) is -1.69. The van der Waals surface area contributed by atoms with Crippen LogP contribution in [0.4, 0.5) is 8.78 Å². The van der Waals surface area contributed by atoms with E-state index in [-0.39, 0.29) is 25.0 Å². The largest absolute Gasteiger partial charge is 0.468 e. The molecule has 1 atom stereocenters. The molecule has 0 amide bonds. The monoisotopic (exact) mass is 464 g/mol. The number of carbonyl (C=O) groups excluding carboxylic acids is 2. The van der Waals surface area contributed by atoms with Crippen LogP contribution in [0.3, 0.4) is 0 Å². The maximum absolute atomic E-state index is 13.8. The number of nitrogens with zero attached hydrogens (tertiary/aromatic N) is 1. The first kappa shape index (κ1) is 25.1. The van der Waals surface area contributed by atoms with Crippen LogP contribution < -0.4 is 5.32 Å². The molecule has 2 N–H and O–H groups in total. The van der Waals surface area contributed by atoms with Crippen molar-refractivity contribution in [3.63, 3.8) is 0 Å². The third kappa shape index (κ3) is 6.19. The van der Waals surface area contributed by atoms with Gasteiger partial charge in [-0.3, -0.25) is 19.5 Å². The number of benzene rings is 1. The summed E-state index contributed by atoms with van der Waals surface area (Å²) in [5.74, 6) is -3.36. The highest BCUT2D eigenvalue weighted by Gasteiger charge is 2.52. The number of halogens is 2. The maximum atomic E-state index is 13.8. The zero-order valence-corrected chi connectivity index (χ0v) is 18.1. The second-order valence-electron chi connectivity index (χ2n) is 7.18. The Morgan fingerprint density at radius 3 is 2.29 bits per heavy atom. The molecule has 1 fully saturated rings. The van der Waals surface area contributed by atoms with Gasteiger partial charge in [-0.05, 0) is 37.5 Å². The van der Waals surface area contributed by atoms with Crippen LogP contribution in [0, 0.1) is 11.6 Å². The number of esters is 2. The molecule has 0 aliphatic heterocycles. The van der Waals surface area contributed by atoms with E-state index in [0.29, 0.717) is 23.2 Å². The van der Waals surface area contributed by atoms with E-state index in [1.807, 2.05) is 0 Å². The minimum atomic E-state index is -4.95. The normalized spacial score (nSPS) is 16.8. The van der Waals surface area contributed by atoms with E-state index in [1.54, 1.807) is 6.92 Å². The molecule has 1 aliphatic carbocycles. The summed E-state index contributed by atoms with van der Waals surface area (Å²) in [6.45, 7) is 0.706. The van der Waals surface area contributed by atoms with E-state index in [2.05, 4.69) is 5.32 Å². The Morgan fingerprint density at radius 2 is 1.81 bits per heavy atom. The predicted octanol–water partition coefficient (Wildman–Crippen LogP) is 1.75. The average Bonchev–Trinajstić information content (AvgIpc) is 3.16. The summed E-state index contributed by atoms with van der Waals surface area (Å²) < 4.78 is 72.4. The number of carbonyl (C=O) groups is 2. The van der Waals surface area contributed by atoms with Crippen molar-refractivity contribution in [3.8, 4) is 0 Å². The molecule has 174 valence electrons. The van der Waals surface area contributed by atoms with E-state index < -0.39 is 58.5 Å². The number of rotatable bonds is 10. The molecule has 0 spiro atoms. The quantitative estimate of drug-likeness (QED) is 0.397. The third-order valence-corrected chi connectivity index (χ3v) is 6.24. The van der Waals surface area contributed by atoms with E-state index >= 15 is 0 Å². The summed E-state index contributed by atoms with van der Waals surface area (Å²) in [7, 11) is -3.84. The molecule has 31 heavy (non-hydrogen) atoms. The Balaban J connectivity index is 2.46. The van der Waals surface area contributed by atoms with E-state index in [9.17, 15) is 31.3 Å². The van der Waals surface area contributed by atoms with Gasteiger partial charge in [-0.25, -0.2) is 8.78 Å². The first-order valence-electron chi connectivity index (χ1n) is 9.72. The molecule has 12 heteroatoms. The smallest absolute Gasteiger partial charge is 0.337 e. The maximum Gasteiger partial charge on any atom is 0.337 e. The number of ether oxygens (including phenoxy) is 2. The number of hydrogen-bond acceptors (Lipinski definition) is 7. The minimum absolute atomic E-state index is 0.0199. The summed E-state index contributed by atoms with van der Waals surface area (Å²) in [5, 5.41) is 2.70. The highest BCUT2D eigenvalue weighted by Crippen LogP contribution is 2.39. The summed E-state index contributed by atoms with van der Waals surface area (Å²) in [6, 6.07) is 1.42. The Labute approximate surface area is 179 Å². The van der Waals surface area contributed by atoms with Crippen LogP contribution in [-0.4, -0.2) is 61.6 Å². The number of methoxy groups -OCH3 is 1. The minimum Gasteiger partial charge on any atom is -0.468 e. The van der Waals surface area contributed by atoms with Crippen molar-refractivity contribution in [2.24, 2.45) is 0 Å². The van der Waals surface area contributed by atoms with Gasteiger partial charge in [-0.1, -0.05) is 12.8 Å². The lowest BCUT2D eigenvalue weighted by atomic mass is 9.96. The zero-order chi connectivity index (χ0) is 23.2. The number of hydrogen-bond donors (Lipinski definition) is 2. The van der Waals surface area contributed by atoms with Crippen molar-refractivity contribution in [2.45, 2.75) is 44.2 Å². The lowest BCUT2D eigenvalue weighted by Gasteiger charge is -2.38. The molecule has 1 saturated carbocycles. The lowest BCUT2D eigenvalue weighted by Crippen LogP contribution is -2.57. The molecule has 0 heterocycles. The fourth-order valence-corrected chi connectivity index (χ4v) is 4.88. The molecule has 0 unspecified atom stereocenters. The molecule has 0 saturated heterocycles. The van der Waals surface area contributed by atoms with Crippen LogP contribution in [0.2, 0.25) is 0 Å². The first-order chi connectivity index (χ1) is 14.5. The lowest BCUT2D eigenvalue weighted by molar-refractivity contribution is -0.152. The van der Waals surface area contributed by atoms with Crippen molar-refractivity contribution < 1.29 is 40.8 Å². The van der Waals surface area contributed by atoms with Crippen LogP contribution in [0.25, 0.3) is 0 Å². The first-order valence-corrected chi connectivity index (χ1v) is 11.1. The fraction of sp³-hybridized carbons (Fsp3) is 0.579. The summed E-state index contributed by atoms with van der Waals surface area (Å²) >= 11 is 0. The Morgan fingerprint density at radius 1 is 1.23 bits per heavy atom. The van der Waals surface area contributed by atoms with E-state index in [0.717, 1.165) is 19.2 Å². The summed E-state index contributed by atoms with van der Waals surface area (Å²) in [6.07, 6.45) is 1.22. The van der Waals surface area contributed by atoms with Crippen molar-refractivity contribution in [1.29, 1.82) is 0 Å². The van der Waals surface area contributed by atoms with Gasteiger partial charge in [0, 0.05) is 18.7 Å². The van der Waals surface area contributed by atoms with Crippen molar-refractivity contribution in [2.75, 3.05) is 26.8 Å². The predicted molar refractivity (Wildman–Crippen MR) is 105 cm³/mol. The summed E-state index contributed by atoms with van der Waals surface area (Å²) in [4.78, 5) is 24.3. The molecular formula is C19H26F2N2O7S. The second kappa shape index (κ2) is 10.4. The van der Waals surface area contributed by atoms with Crippen molar-refractivity contribution in [1.82, 2.24) is 9.62 Å². The van der Waals surface area contributed by atoms with Crippen LogP contribution in [0.15, 0.2) is 18.2 Å². The van der Waals surface area contributed by atoms with Gasteiger partial charge in [0.1, 0.15) is 17.2 Å². The van der Waals surface area contributed by atoms with Gasteiger partial charge in [-0.2, -0.15) is 12.7 Å². The molecular weight excluding hydrogens is 438 g/mol. The van der Waals surface area contributed by atoms with E-state index in [4.69, 9.17) is 9.47 Å². The van der Waals surface area contributed by atoms with Gasteiger partial charge in [-0.15, -0.1) is 0 Å². The average molecular weight is 464 g/mol. The fourth-order valence-electron chi connectivity index (χ4n) is 3.84. The van der Waals surface area contributed by atoms with Gasteiger partial charge < -0.3 is 9.47 Å². The Hall–Kier alpha value is -2.15. The topological polar surface area (TPSA) is 122 Å². The second-order valence-corrected chi connectivity index (χ2v) is 8.52. The molecule has 0 bridgehead atoms. The van der Waals surface area contributed by atoms with E-state index in [1.165, 1.54) is 0 Å². The van der Waals surface area contributed by atoms with Crippen LogP contribution >= 0.6 is 0 Å². The van der Waals surface area contributed by atoms with Crippen LogP contribution in [-0.2, 0) is 29.4 Å². The van der Waals surface area contributed by atoms with Crippen LogP contribution in [0.5, 0.6) is 0 Å². The SMILES string of the molecule is CCOC(=O)CN[C@@H](CN(C1(C(=O)OC)CCCC1)S(=O)(=O)O)c1cc(F)cc(F)c1. The highest BCUT2D eigenvalue weighted by molar-refractivity contribution is 7.83. The standard InChI is InChI=1S/C19H26F2N2O7S/c1-3-30-17(24)11-22-16(13-8-14(20)10-15(21)9-13)12-23(31(26,27)28)19(18(25)29-2)6-4-5-7-19/h8-10,16,22H,3-7,11-12H2,1-2H3,(H,26,27,28)/t16-/m0/s1. The van der Waals surface area contributed by atoms with Gasteiger partial charge in [0.2, 0.25) is 0 Å². The molecule has 1 aromatic rings. The van der Waals surface area contributed by atoms with Crippen LogP contribution in [0.1, 0.15) is 44.2 Å². The van der Waals surface area contributed by atoms with Crippen molar-refractivity contribution >= 4 is 22.2 Å². The van der Waals surface area contributed by atoms with Gasteiger partial charge in [0.05, 0.1) is 20.3 Å². The Kier molecular flexibility index (Phi) is 8.46. The molecule has 0 radical (unpaired) electrons.